The van der Waals surface area contributed by atoms with Crippen LogP contribution in [-0.4, -0.2) is 19.6 Å². The highest BCUT2D eigenvalue weighted by atomic mass is 35.5. The summed E-state index contributed by atoms with van der Waals surface area (Å²) in [5.74, 6) is 0.430. The molecule has 4 nitrogen and oxygen atoms in total. The summed E-state index contributed by atoms with van der Waals surface area (Å²) in [6, 6.07) is 0. The molecule has 2 heterocycles. The summed E-state index contributed by atoms with van der Waals surface area (Å²) in [6.07, 6.45) is 3.15. The standard InChI is InChI=1S/C8H8Cl2N4/c1-2-3-5-6(9)13-8-11-4-12-14(8)7(5)10/h4H,2-3H2,1H3. The van der Waals surface area contributed by atoms with Crippen molar-refractivity contribution in [2.24, 2.45) is 0 Å². The van der Waals surface area contributed by atoms with Gasteiger partial charge in [-0.3, -0.25) is 0 Å². The van der Waals surface area contributed by atoms with E-state index in [9.17, 15) is 0 Å². The third-order valence-electron chi connectivity index (χ3n) is 1.91. The van der Waals surface area contributed by atoms with E-state index in [1.54, 1.807) is 0 Å². The minimum atomic E-state index is 0.414. The normalized spacial score (nSPS) is 11.1. The zero-order valence-electron chi connectivity index (χ0n) is 7.54. The van der Waals surface area contributed by atoms with E-state index in [0.29, 0.717) is 16.1 Å². The van der Waals surface area contributed by atoms with Crippen molar-refractivity contribution >= 4 is 29.0 Å². The summed E-state index contributed by atoms with van der Waals surface area (Å²) in [5, 5.41) is 4.87. The first-order chi connectivity index (χ1) is 6.74. The highest BCUT2D eigenvalue weighted by Crippen LogP contribution is 2.24. The number of hydrogen-bond donors (Lipinski definition) is 0. The molecule has 0 fully saturated rings. The fourth-order valence-electron chi connectivity index (χ4n) is 1.27. The summed E-state index contributed by atoms with van der Waals surface area (Å²) >= 11 is 12.1. The highest BCUT2D eigenvalue weighted by molar-refractivity contribution is 6.34. The summed E-state index contributed by atoms with van der Waals surface area (Å²) in [4.78, 5) is 8.00. The number of fused-ring (bicyclic) bond motifs is 1. The second kappa shape index (κ2) is 3.71. The molecular formula is C8H8Cl2N4. The second-order valence-electron chi connectivity index (χ2n) is 2.89. The lowest BCUT2D eigenvalue weighted by molar-refractivity contribution is 0.864. The van der Waals surface area contributed by atoms with Crippen molar-refractivity contribution in [1.29, 1.82) is 0 Å². The van der Waals surface area contributed by atoms with Crippen LogP contribution in [0.4, 0.5) is 0 Å². The largest absolute Gasteiger partial charge is 0.254 e. The molecule has 0 aromatic carbocycles. The van der Waals surface area contributed by atoms with Gasteiger partial charge in [-0.1, -0.05) is 36.5 Å². The van der Waals surface area contributed by atoms with E-state index in [1.165, 1.54) is 10.8 Å². The SMILES string of the molecule is CCCc1c(Cl)nc2ncnn2c1Cl. The van der Waals surface area contributed by atoms with Crippen LogP contribution in [0.2, 0.25) is 10.3 Å². The van der Waals surface area contributed by atoms with Gasteiger partial charge in [0.25, 0.3) is 5.78 Å². The Balaban J connectivity index is 2.69. The van der Waals surface area contributed by atoms with Crippen molar-refractivity contribution in [3.63, 3.8) is 0 Å². The molecule has 2 aromatic heterocycles. The smallest absolute Gasteiger partial charge is 0.199 e. The zero-order chi connectivity index (χ0) is 10.1. The Bertz CT molecular complexity index is 466. The number of rotatable bonds is 2. The molecule has 0 saturated carbocycles. The first-order valence-electron chi connectivity index (χ1n) is 4.27. The predicted octanol–water partition coefficient (Wildman–Crippen LogP) is 2.38. The van der Waals surface area contributed by atoms with Crippen LogP contribution in [0.1, 0.15) is 18.9 Å². The Morgan fingerprint density at radius 3 is 2.93 bits per heavy atom. The average Bonchev–Trinajstić information content (AvgIpc) is 2.60. The van der Waals surface area contributed by atoms with Gasteiger partial charge < -0.3 is 0 Å². The van der Waals surface area contributed by atoms with E-state index in [4.69, 9.17) is 23.2 Å². The van der Waals surface area contributed by atoms with Gasteiger partial charge in [0.2, 0.25) is 0 Å². The maximum atomic E-state index is 6.10. The average molecular weight is 231 g/mol. The molecule has 0 bridgehead atoms. The molecule has 0 amide bonds. The van der Waals surface area contributed by atoms with Crippen LogP contribution in [0.5, 0.6) is 0 Å². The van der Waals surface area contributed by atoms with E-state index >= 15 is 0 Å². The van der Waals surface area contributed by atoms with Crippen LogP contribution in [0.25, 0.3) is 5.78 Å². The minimum absolute atomic E-state index is 0.414. The number of nitrogens with zero attached hydrogens (tertiary/aromatic N) is 4. The Labute approximate surface area is 90.9 Å². The van der Waals surface area contributed by atoms with Crippen molar-refractivity contribution in [3.8, 4) is 0 Å². The van der Waals surface area contributed by atoms with Crippen molar-refractivity contribution < 1.29 is 0 Å². The van der Waals surface area contributed by atoms with Crippen LogP contribution < -0.4 is 0 Å². The fraction of sp³-hybridized carbons (Fsp3) is 0.375. The van der Waals surface area contributed by atoms with Gasteiger partial charge in [0.05, 0.1) is 0 Å². The zero-order valence-corrected chi connectivity index (χ0v) is 9.05. The molecule has 0 unspecified atom stereocenters. The van der Waals surface area contributed by atoms with E-state index in [-0.39, 0.29) is 0 Å². The van der Waals surface area contributed by atoms with E-state index in [1.807, 2.05) is 0 Å². The van der Waals surface area contributed by atoms with Gasteiger partial charge in [-0.2, -0.15) is 19.6 Å². The first-order valence-corrected chi connectivity index (χ1v) is 5.03. The van der Waals surface area contributed by atoms with Gasteiger partial charge in [0.1, 0.15) is 16.6 Å². The third kappa shape index (κ3) is 1.44. The molecule has 0 atom stereocenters. The van der Waals surface area contributed by atoms with E-state index < -0.39 is 0 Å². The lowest BCUT2D eigenvalue weighted by Crippen LogP contribution is -2.00. The maximum absolute atomic E-state index is 6.10. The summed E-state index contributed by atoms with van der Waals surface area (Å²) < 4.78 is 1.48. The quantitative estimate of drug-likeness (QED) is 0.745. The van der Waals surface area contributed by atoms with Crippen LogP contribution >= 0.6 is 23.2 Å². The Kier molecular flexibility index (Phi) is 2.56. The Morgan fingerprint density at radius 1 is 1.43 bits per heavy atom. The summed E-state index contributed by atoms with van der Waals surface area (Å²) in [7, 11) is 0. The van der Waals surface area contributed by atoms with Crippen molar-refractivity contribution in [2.45, 2.75) is 19.8 Å². The molecule has 14 heavy (non-hydrogen) atoms. The van der Waals surface area contributed by atoms with Gasteiger partial charge in [-0.25, -0.2) is 0 Å². The van der Waals surface area contributed by atoms with E-state index in [2.05, 4.69) is 22.0 Å². The Morgan fingerprint density at radius 2 is 2.21 bits per heavy atom. The molecule has 2 aromatic rings. The summed E-state index contributed by atoms with van der Waals surface area (Å²) in [5.41, 5.74) is 0.828. The lowest BCUT2D eigenvalue weighted by atomic mass is 10.2. The second-order valence-corrected chi connectivity index (χ2v) is 3.61. The van der Waals surface area contributed by atoms with Gasteiger partial charge in [-0.05, 0) is 6.42 Å². The molecule has 0 saturated heterocycles. The maximum Gasteiger partial charge on any atom is 0.254 e. The molecule has 2 rings (SSSR count). The Hall–Kier alpha value is -0.870. The van der Waals surface area contributed by atoms with Crippen molar-refractivity contribution in [2.75, 3.05) is 0 Å². The van der Waals surface area contributed by atoms with Gasteiger partial charge in [0.15, 0.2) is 0 Å². The predicted molar refractivity (Wildman–Crippen MR) is 54.8 cm³/mol. The highest BCUT2D eigenvalue weighted by Gasteiger charge is 2.12. The first kappa shape index (κ1) is 9.68. The topological polar surface area (TPSA) is 43.1 Å². The molecular weight excluding hydrogens is 223 g/mol. The number of aromatic nitrogens is 4. The van der Waals surface area contributed by atoms with Gasteiger partial charge in [-0.15, -0.1) is 0 Å². The number of hydrogen-bond acceptors (Lipinski definition) is 3. The molecule has 0 aliphatic rings. The molecule has 74 valence electrons. The molecule has 0 radical (unpaired) electrons. The van der Waals surface area contributed by atoms with Crippen LogP contribution in [-0.2, 0) is 6.42 Å². The van der Waals surface area contributed by atoms with Crippen LogP contribution in [0, 0.1) is 0 Å². The van der Waals surface area contributed by atoms with Crippen LogP contribution in [0.3, 0.4) is 0 Å². The van der Waals surface area contributed by atoms with Crippen molar-refractivity contribution in [1.82, 2.24) is 19.6 Å². The molecule has 0 N–H and O–H groups in total. The third-order valence-corrected chi connectivity index (χ3v) is 2.61. The fourth-order valence-corrected chi connectivity index (χ4v) is 1.89. The van der Waals surface area contributed by atoms with Gasteiger partial charge in [0, 0.05) is 5.56 Å². The molecule has 0 aliphatic carbocycles. The van der Waals surface area contributed by atoms with E-state index in [0.717, 1.165) is 18.4 Å². The molecule has 6 heteroatoms. The minimum Gasteiger partial charge on any atom is -0.199 e. The van der Waals surface area contributed by atoms with Crippen LogP contribution in [0.15, 0.2) is 6.33 Å². The molecule has 0 spiro atoms. The van der Waals surface area contributed by atoms with Gasteiger partial charge >= 0.3 is 0 Å². The molecule has 0 aliphatic heterocycles. The lowest BCUT2D eigenvalue weighted by Gasteiger charge is -2.05. The van der Waals surface area contributed by atoms with Crippen molar-refractivity contribution in [3.05, 3.63) is 22.2 Å². The number of halogens is 2. The summed E-state index contributed by atoms with van der Waals surface area (Å²) in [6.45, 7) is 2.05. The monoisotopic (exact) mass is 230 g/mol.